The highest BCUT2D eigenvalue weighted by Crippen LogP contribution is 2.35. The molecule has 3 aromatic rings. The second-order valence-electron chi connectivity index (χ2n) is 7.75. The number of carbonyl (C=O) groups is 3. The Labute approximate surface area is 190 Å². The van der Waals surface area contributed by atoms with Crippen LogP contribution in [0.5, 0.6) is 0 Å². The van der Waals surface area contributed by atoms with Crippen molar-refractivity contribution in [2.24, 2.45) is 5.73 Å². The second-order valence-corrected chi connectivity index (χ2v) is 7.75. The molecule has 6 N–H and O–H groups in total. The number of nitrogens with one attached hydrogen (secondary N) is 4. The molecular weight excluding hydrogens is 420 g/mol. The van der Waals surface area contributed by atoms with Crippen molar-refractivity contribution >= 4 is 40.9 Å². The van der Waals surface area contributed by atoms with Crippen molar-refractivity contribution in [3.8, 4) is 0 Å². The van der Waals surface area contributed by atoms with E-state index in [2.05, 4.69) is 25.9 Å². The number of carbonyl (C=O) groups excluding carboxylic acids is 3. The van der Waals surface area contributed by atoms with Gasteiger partial charge in [-0.05, 0) is 60.4 Å². The lowest BCUT2D eigenvalue weighted by atomic mass is 10.0. The lowest BCUT2D eigenvalue weighted by Crippen LogP contribution is -2.23. The number of nitrogens with two attached hydrogens (primary N) is 1. The van der Waals surface area contributed by atoms with Crippen LogP contribution in [0.1, 0.15) is 34.4 Å². The lowest BCUT2D eigenvalue weighted by Gasteiger charge is -2.05. The molecule has 0 atom stereocenters. The number of aromatic amines is 1. The highest BCUT2D eigenvalue weighted by Gasteiger charge is 2.25. The number of H-pyrrole nitrogens is 1. The predicted octanol–water partition coefficient (Wildman–Crippen LogP) is 2.95. The summed E-state index contributed by atoms with van der Waals surface area (Å²) in [5, 5.41) is 8.24. The fourth-order valence-corrected chi connectivity index (χ4v) is 3.70. The fourth-order valence-electron chi connectivity index (χ4n) is 3.70. The number of fused-ring (bicyclic) bond motifs is 1. The normalized spacial score (nSPS) is 13.5. The van der Waals surface area contributed by atoms with Crippen LogP contribution in [0.15, 0.2) is 48.9 Å². The fraction of sp³-hybridized carbons (Fsp3) is 0.167. The molecule has 0 spiro atoms. The van der Waals surface area contributed by atoms with Gasteiger partial charge in [0.15, 0.2) is 0 Å². The molecule has 1 aromatic carbocycles. The van der Waals surface area contributed by atoms with Crippen molar-refractivity contribution in [1.82, 2.24) is 15.3 Å². The van der Waals surface area contributed by atoms with Crippen molar-refractivity contribution in [1.29, 1.82) is 0 Å². The molecule has 0 saturated carbocycles. The molecule has 1 aliphatic rings. The van der Waals surface area contributed by atoms with Gasteiger partial charge in [0.2, 0.25) is 5.91 Å². The Kier molecular flexibility index (Phi) is 6.21. The summed E-state index contributed by atoms with van der Waals surface area (Å²) in [6.07, 6.45) is 7.96. The number of hydrogen-bond donors (Lipinski definition) is 5. The molecule has 0 saturated heterocycles. The smallest absolute Gasteiger partial charge is 0.316 e. The summed E-state index contributed by atoms with van der Waals surface area (Å²) in [5.74, 6) is -0.274. The molecule has 0 bridgehead atoms. The summed E-state index contributed by atoms with van der Waals surface area (Å²) in [4.78, 5) is 43.1. The molecule has 3 heterocycles. The molecule has 1 aliphatic heterocycles. The van der Waals surface area contributed by atoms with E-state index in [9.17, 15) is 14.4 Å². The minimum atomic E-state index is -0.674. The standard InChI is InChI=1S/C24H24N6O3/c1-14-16(4-7-22(31)28-12-15-3-2-8-26-11-15)13-27-21(14)10-19-18-9-17(29-24(25)33)5-6-20(18)30-23(19)32/h2-3,5-6,8-11,13,27H,4,7,12H2,1H3,(H,28,31)(H,30,32)(H3,25,29,33)/b19-10-. The molecule has 33 heavy (non-hydrogen) atoms. The second kappa shape index (κ2) is 9.39. The van der Waals surface area contributed by atoms with Crippen LogP contribution >= 0.6 is 0 Å². The number of hydrogen-bond acceptors (Lipinski definition) is 4. The lowest BCUT2D eigenvalue weighted by molar-refractivity contribution is -0.121. The van der Waals surface area contributed by atoms with Crippen molar-refractivity contribution in [2.75, 3.05) is 10.6 Å². The van der Waals surface area contributed by atoms with Gasteiger partial charge in [0, 0.05) is 54.2 Å². The minimum Gasteiger partial charge on any atom is -0.361 e. The highest BCUT2D eigenvalue weighted by atomic mass is 16.2. The van der Waals surface area contributed by atoms with Crippen LogP contribution < -0.4 is 21.7 Å². The zero-order valence-electron chi connectivity index (χ0n) is 18.1. The monoisotopic (exact) mass is 444 g/mol. The van der Waals surface area contributed by atoms with Gasteiger partial charge >= 0.3 is 6.03 Å². The van der Waals surface area contributed by atoms with Crippen LogP contribution in [0.2, 0.25) is 0 Å². The van der Waals surface area contributed by atoms with Gasteiger partial charge in [-0.15, -0.1) is 0 Å². The molecule has 4 amide bonds. The van der Waals surface area contributed by atoms with E-state index < -0.39 is 6.03 Å². The van der Waals surface area contributed by atoms with E-state index in [4.69, 9.17) is 5.73 Å². The minimum absolute atomic E-state index is 0.0436. The first-order valence-electron chi connectivity index (χ1n) is 10.5. The Bertz CT molecular complexity index is 1250. The Morgan fingerprint density at radius 2 is 2.09 bits per heavy atom. The third-order valence-corrected chi connectivity index (χ3v) is 5.48. The number of pyridine rings is 1. The molecule has 0 radical (unpaired) electrons. The maximum absolute atomic E-state index is 12.5. The van der Waals surface area contributed by atoms with Crippen molar-refractivity contribution in [3.05, 3.63) is 76.9 Å². The summed E-state index contributed by atoms with van der Waals surface area (Å²) < 4.78 is 0. The van der Waals surface area contributed by atoms with Crippen LogP contribution in [0.3, 0.4) is 0 Å². The molecule has 4 rings (SSSR count). The number of aromatic nitrogens is 2. The Morgan fingerprint density at radius 3 is 2.85 bits per heavy atom. The first-order valence-corrected chi connectivity index (χ1v) is 10.5. The maximum Gasteiger partial charge on any atom is 0.316 e. The molecule has 0 aliphatic carbocycles. The topological polar surface area (TPSA) is 142 Å². The van der Waals surface area contributed by atoms with E-state index in [1.807, 2.05) is 25.3 Å². The molecule has 168 valence electrons. The third kappa shape index (κ3) is 5.09. The van der Waals surface area contributed by atoms with Crippen LogP contribution in [-0.2, 0) is 22.6 Å². The highest BCUT2D eigenvalue weighted by molar-refractivity contribution is 6.35. The molecule has 0 unspecified atom stereocenters. The van der Waals surface area contributed by atoms with Gasteiger partial charge in [-0.3, -0.25) is 14.6 Å². The van der Waals surface area contributed by atoms with Crippen LogP contribution in [0.25, 0.3) is 11.6 Å². The number of amides is 4. The van der Waals surface area contributed by atoms with Gasteiger partial charge < -0.3 is 26.7 Å². The summed E-state index contributed by atoms with van der Waals surface area (Å²) in [6.45, 7) is 2.39. The van der Waals surface area contributed by atoms with Crippen molar-refractivity contribution < 1.29 is 14.4 Å². The molecule has 0 fully saturated rings. The Hall–Kier alpha value is -4.40. The largest absolute Gasteiger partial charge is 0.361 e. The maximum atomic E-state index is 12.5. The van der Waals surface area contributed by atoms with Gasteiger partial charge in [0.1, 0.15) is 0 Å². The van der Waals surface area contributed by atoms with Crippen LogP contribution in [-0.4, -0.2) is 27.8 Å². The quantitative estimate of drug-likeness (QED) is 0.357. The zero-order valence-corrected chi connectivity index (χ0v) is 18.1. The number of urea groups is 1. The number of nitrogens with zero attached hydrogens (tertiary/aromatic N) is 1. The third-order valence-electron chi connectivity index (χ3n) is 5.48. The summed E-state index contributed by atoms with van der Waals surface area (Å²) >= 11 is 0. The van der Waals surface area contributed by atoms with Gasteiger partial charge in [-0.1, -0.05) is 6.07 Å². The average molecular weight is 444 g/mol. The first kappa shape index (κ1) is 21.8. The SMILES string of the molecule is Cc1c(CCC(=O)NCc2cccnc2)c[nH]c1/C=C1\C(=O)Nc2ccc(NC(N)=O)cc21. The summed E-state index contributed by atoms with van der Waals surface area (Å²) in [6, 6.07) is 8.16. The Balaban J connectivity index is 1.44. The Morgan fingerprint density at radius 1 is 1.24 bits per heavy atom. The summed E-state index contributed by atoms with van der Waals surface area (Å²) in [7, 11) is 0. The number of anilines is 2. The zero-order chi connectivity index (χ0) is 23.4. The van der Waals surface area contributed by atoms with E-state index >= 15 is 0 Å². The number of benzene rings is 1. The molecular formula is C24H24N6O3. The first-order chi connectivity index (χ1) is 15.9. The van der Waals surface area contributed by atoms with E-state index in [0.717, 1.165) is 22.4 Å². The molecule has 2 aromatic heterocycles. The van der Waals surface area contributed by atoms with E-state index in [1.165, 1.54) is 0 Å². The van der Waals surface area contributed by atoms with E-state index in [0.29, 0.717) is 41.9 Å². The van der Waals surface area contributed by atoms with Crippen LogP contribution in [0.4, 0.5) is 16.2 Å². The van der Waals surface area contributed by atoms with E-state index in [1.54, 1.807) is 36.7 Å². The van der Waals surface area contributed by atoms with Crippen molar-refractivity contribution in [3.63, 3.8) is 0 Å². The number of aryl methyl sites for hydroxylation is 1. The van der Waals surface area contributed by atoms with Gasteiger partial charge in [-0.2, -0.15) is 0 Å². The summed E-state index contributed by atoms with van der Waals surface area (Å²) in [5.41, 5.74) is 11.2. The van der Waals surface area contributed by atoms with Crippen molar-refractivity contribution in [2.45, 2.75) is 26.3 Å². The van der Waals surface area contributed by atoms with Gasteiger partial charge in [0.05, 0.1) is 5.57 Å². The number of rotatable bonds is 7. The van der Waals surface area contributed by atoms with Gasteiger partial charge in [-0.25, -0.2) is 4.79 Å². The molecule has 9 heteroatoms. The van der Waals surface area contributed by atoms with Crippen LogP contribution in [0, 0.1) is 6.92 Å². The van der Waals surface area contributed by atoms with Gasteiger partial charge in [0.25, 0.3) is 5.91 Å². The number of primary amides is 1. The van der Waals surface area contributed by atoms with E-state index in [-0.39, 0.29) is 11.8 Å². The molecule has 9 nitrogen and oxygen atoms in total. The average Bonchev–Trinajstić information content (AvgIpc) is 3.30. The predicted molar refractivity (Wildman–Crippen MR) is 126 cm³/mol.